The molecule has 2 N–H and O–H groups in total. The van der Waals surface area contributed by atoms with Crippen LogP contribution in [0.1, 0.15) is 15.9 Å². The van der Waals surface area contributed by atoms with Gasteiger partial charge in [-0.15, -0.1) is 0 Å². The maximum Gasteiger partial charge on any atom is 0.257 e. The number of hydrogen-bond donors (Lipinski definition) is 2. The molecule has 0 atom stereocenters. The van der Waals surface area contributed by atoms with E-state index in [0.29, 0.717) is 17.9 Å². The van der Waals surface area contributed by atoms with Crippen molar-refractivity contribution in [1.29, 1.82) is 0 Å². The number of carbonyl (C=O) groups excluding carboxylic acids is 1. The summed E-state index contributed by atoms with van der Waals surface area (Å²) in [6.45, 7) is 0.417. The normalized spacial score (nSPS) is 10.2. The number of ether oxygens (including phenoxy) is 1. The largest absolute Gasteiger partial charge is 0.504 e. The number of methoxy groups -OCH3 is 1. The van der Waals surface area contributed by atoms with Gasteiger partial charge in [0.1, 0.15) is 0 Å². The molecule has 0 aliphatic heterocycles. The molecule has 2 rings (SSSR count). The van der Waals surface area contributed by atoms with E-state index in [2.05, 4.69) is 10.2 Å². The van der Waals surface area contributed by atoms with Gasteiger partial charge >= 0.3 is 0 Å². The molecular weight excluding hydrogens is 246 g/mol. The number of carbonyl (C=O) groups is 1. The van der Waals surface area contributed by atoms with Gasteiger partial charge in [0.2, 0.25) is 0 Å². The van der Waals surface area contributed by atoms with Crippen LogP contribution < -0.4 is 4.74 Å². The van der Waals surface area contributed by atoms with Crippen LogP contribution in [0.15, 0.2) is 30.6 Å². The number of amides is 1. The molecule has 0 unspecified atom stereocenters. The average Bonchev–Trinajstić information content (AvgIpc) is 2.94. The molecule has 0 radical (unpaired) electrons. The van der Waals surface area contributed by atoms with Gasteiger partial charge < -0.3 is 14.7 Å². The van der Waals surface area contributed by atoms with E-state index in [0.717, 1.165) is 5.56 Å². The van der Waals surface area contributed by atoms with E-state index in [-0.39, 0.29) is 11.7 Å². The van der Waals surface area contributed by atoms with E-state index in [4.69, 9.17) is 4.74 Å². The van der Waals surface area contributed by atoms with Crippen LogP contribution in [0.4, 0.5) is 0 Å². The zero-order valence-electron chi connectivity index (χ0n) is 10.8. The van der Waals surface area contributed by atoms with Gasteiger partial charge in [0, 0.05) is 19.8 Å². The monoisotopic (exact) mass is 261 g/mol. The van der Waals surface area contributed by atoms with Crippen LogP contribution in [0.25, 0.3) is 0 Å². The number of hydrogen-bond acceptors (Lipinski definition) is 4. The second-order valence-corrected chi connectivity index (χ2v) is 4.15. The Labute approximate surface area is 110 Å². The van der Waals surface area contributed by atoms with Crippen LogP contribution in [-0.4, -0.2) is 40.3 Å². The fourth-order valence-corrected chi connectivity index (χ4v) is 1.75. The molecule has 2 aromatic rings. The number of nitrogens with one attached hydrogen (secondary N) is 1. The molecule has 100 valence electrons. The van der Waals surface area contributed by atoms with Crippen molar-refractivity contribution < 1.29 is 14.6 Å². The van der Waals surface area contributed by atoms with E-state index in [1.165, 1.54) is 13.3 Å². The minimum Gasteiger partial charge on any atom is -0.504 e. The molecule has 1 aromatic carbocycles. The Morgan fingerprint density at radius 1 is 1.53 bits per heavy atom. The zero-order valence-corrected chi connectivity index (χ0v) is 10.8. The minimum absolute atomic E-state index is 0.0788. The van der Waals surface area contributed by atoms with Crippen molar-refractivity contribution >= 4 is 5.91 Å². The van der Waals surface area contributed by atoms with Crippen LogP contribution in [0.2, 0.25) is 0 Å². The molecule has 0 spiro atoms. The van der Waals surface area contributed by atoms with Crippen LogP contribution in [0.5, 0.6) is 11.5 Å². The van der Waals surface area contributed by atoms with Crippen LogP contribution in [-0.2, 0) is 6.54 Å². The van der Waals surface area contributed by atoms with Crippen LogP contribution >= 0.6 is 0 Å². The fraction of sp³-hybridized carbons (Fsp3) is 0.231. The Morgan fingerprint density at radius 3 is 2.95 bits per heavy atom. The van der Waals surface area contributed by atoms with Gasteiger partial charge in [-0.2, -0.15) is 5.10 Å². The van der Waals surface area contributed by atoms with Gasteiger partial charge in [-0.1, -0.05) is 6.07 Å². The molecule has 0 aliphatic rings. The number of rotatable bonds is 4. The lowest BCUT2D eigenvalue weighted by Crippen LogP contribution is -2.25. The predicted molar refractivity (Wildman–Crippen MR) is 69.0 cm³/mol. The zero-order chi connectivity index (χ0) is 13.8. The Hall–Kier alpha value is -2.50. The highest BCUT2D eigenvalue weighted by molar-refractivity contribution is 5.93. The SMILES string of the molecule is COc1cc(CN(C)C(=O)c2cn[nH]c2)ccc1O. The number of nitrogens with zero attached hydrogens (tertiary/aromatic N) is 2. The molecule has 0 saturated heterocycles. The van der Waals surface area contributed by atoms with Gasteiger partial charge in [-0.25, -0.2) is 0 Å². The maximum absolute atomic E-state index is 12.0. The molecule has 0 bridgehead atoms. The van der Waals surface area contributed by atoms with Gasteiger partial charge in [-0.05, 0) is 17.7 Å². The first-order valence-corrected chi connectivity index (χ1v) is 5.72. The molecule has 0 aliphatic carbocycles. The number of phenols is 1. The van der Waals surface area contributed by atoms with E-state index < -0.39 is 0 Å². The summed E-state index contributed by atoms with van der Waals surface area (Å²) in [6.07, 6.45) is 3.03. The Kier molecular flexibility index (Phi) is 3.70. The van der Waals surface area contributed by atoms with Crippen molar-refractivity contribution in [2.24, 2.45) is 0 Å². The smallest absolute Gasteiger partial charge is 0.257 e. The average molecular weight is 261 g/mol. The van der Waals surface area contributed by atoms with Crippen LogP contribution in [0.3, 0.4) is 0 Å². The molecule has 6 nitrogen and oxygen atoms in total. The molecule has 1 heterocycles. The quantitative estimate of drug-likeness (QED) is 0.872. The van der Waals surface area contributed by atoms with Crippen molar-refractivity contribution in [3.63, 3.8) is 0 Å². The second-order valence-electron chi connectivity index (χ2n) is 4.15. The van der Waals surface area contributed by atoms with Gasteiger partial charge in [-0.3, -0.25) is 9.89 Å². The lowest BCUT2D eigenvalue weighted by Gasteiger charge is -2.17. The fourth-order valence-electron chi connectivity index (χ4n) is 1.75. The first-order valence-electron chi connectivity index (χ1n) is 5.72. The molecule has 6 heteroatoms. The molecule has 1 amide bonds. The molecular formula is C13H15N3O3. The van der Waals surface area contributed by atoms with Gasteiger partial charge in [0.25, 0.3) is 5.91 Å². The third-order valence-electron chi connectivity index (χ3n) is 2.76. The highest BCUT2D eigenvalue weighted by atomic mass is 16.5. The Balaban J connectivity index is 2.10. The first kappa shape index (κ1) is 12.9. The highest BCUT2D eigenvalue weighted by Gasteiger charge is 2.13. The van der Waals surface area contributed by atoms with Crippen LogP contribution in [0, 0.1) is 0 Å². The van der Waals surface area contributed by atoms with Crippen molar-refractivity contribution in [3.8, 4) is 11.5 Å². The van der Waals surface area contributed by atoms with E-state index in [1.54, 1.807) is 36.3 Å². The number of H-pyrrole nitrogens is 1. The summed E-state index contributed by atoms with van der Waals surface area (Å²) in [5.74, 6) is 0.345. The second kappa shape index (κ2) is 5.43. The molecule has 0 fully saturated rings. The van der Waals surface area contributed by atoms with E-state index in [1.807, 2.05) is 0 Å². The third kappa shape index (κ3) is 2.85. The van der Waals surface area contributed by atoms with Crippen molar-refractivity contribution in [1.82, 2.24) is 15.1 Å². The number of aromatic hydroxyl groups is 1. The number of aromatic amines is 1. The summed E-state index contributed by atoms with van der Waals surface area (Å²) >= 11 is 0. The summed E-state index contributed by atoms with van der Waals surface area (Å²) in [5.41, 5.74) is 1.38. The van der Waals surface area contributed by atoms with E-state index in [9.17, 15) is 9.90 Å². The molecule has 1 aromatic heterocycles. The molecule has 0 saturated carbocycles. The van der Waals surface area contributed by atoms with Crippen molar-refractivity contribution in [2.45, 2.75) is 6.54 Å². The molecule has 19 heavy (non-hydrogen) atoms. The lowest BCUT2D eigenvalue weighted by molar-refractivity contribution is 0.0785. The van der Waals surface area contributed by atoms with E-state index >= 15 is 0 Å². The minimum atomic E-state index is -0.124. The highest BCUT2D eigenvalue weighted by Crippen LogP contribution is 2.26. The standard InChI is InChI=1S/C13H15N3O3/c1-16(13(18)10-6-14-15-7-10)8-9-3-4-11(17)12(5-9)19-2/h3-7,17H,8H2,1-2H3,(H,14,15). The summed E-state index contributed by atoms with van der Waals surface area (Å²) in [6, 6.07) is 5.00. The number of aromatic nitrogens is 2. The van der Waals surface area contributed by atoms with Gasteiger partial charge in [0.05, 0.1) is 18.9 Å². The van der Waals surface area contributed by atoms with Crippen molar-refractivity contribution in [3.05, 3.63) is 41.7 Å². The third-order valence-corrected chi connectivity index (χ3v) is 2.76. The Bertz CT molecular complexity index is 567. The predicted octanol–water partition coefficient (Wildman–Crippen LogP) is 1.40. The summed E-state index contributed by atoms with van der Waals surface area (Å²) in [7, 11) is 3.19. The number of phenolic OH excluding ortho intramolecular Hbond substituents is 1. The summed E-state index contributed by atoms with van der Waals surface area (Å²) in [4.78, 5) is 13.6. The summed E-state index contributed by atoms with van der Waals surface area (Å²) < 4.78 is 5.03. The maximum atomic E-state index is 12.0. The first-order chi connectivity index (χ1) is 9.11. The van der Waals surface area contributed by atoms with Crippen molar-refractivity contribution in [2.75, 3.05) is 14.2 Å². The lowest BCUT2D eigenvalue weighted by atomic mass is 10.2. The number of benzene rings is 1. The Morgan fingerprint density at radius 2 is 2.32 bits per heavy atom. The summed E-state index contributed by atoms with van der Waals surface area (Å²) in [5, 5.41) is 15.9. The topological polar surface area (TPSA) is 78.5 Å². The van der Waals surface area contributed by atoms with Gasteiger partial charge in [0.15, 0.2) is 11.5 Å².